The van der Waals surface area contributed by atoms with E-state index in [4.69, 9.17) is 4.74 Å². The van der Waals surface area contributed by atoms with Gasteiger partial charge in [0.25, 0.3) is 0 Å². The van der Waals surface area contributed by atoms with Crippen molar-refractivity contribution in [3.8, 4) is 5.75 Å². The summed E-state index contributed by atoms with van der Waals surface area (Å²) in [7, 11) is 0. The number of ether oxygens (including phenoxy) is 1. The Labute approximate surface area is 118 Å². The summed E-state index contributed by atoms with van der Waals surface area (Å²) in [5, 5.41) is 0. The van der Waals surface area contributed by atoms with Gasteiger partial charge in [-0.25, -0.2) is 0 Å². The van der Waals surface area contributed by atoms with Gasteiger partial charge in [0.15, 0.2) is 11.9 Å². The number of hydrogen-bond acceptors (Lipinski definition) is 2. The Hall–Kier alpha value is -2.35. The molecule has 1 atom stereocenters. The van der Waals surface area contributed by atoms with Crippen molar-refractivity contribution in [1.29, 1.82) is 0 Å². The first-order valence-corrected chi connectivity index (χ1v) is 6.78. The zero-order chi connectivity index (χ0) is 13.9. The van der Waals surface area contributed by atoms with Crippen LogP contribution in [0.25, 0.3) is 6.08 Å². The predicted octanol–water partition coefficient (Wildman–Crippen LogP) is 3.97. The number of carbonyl (C=O) groups excluding carboxylic acids is 1. The standard InChI is InChI=1S/C18H16O2/c1-2-7-13-10-6-11-15-12-16(19)18(20-17(13)15)14-8-4-3-5-9-14/h2-11,18H,12H2,1H3. The number of carbonyl (C=O) groups is 1. The maximum atomic E-state index is 12.3. The summed E-state index contributed by atoms with van der Waals surface area (Å²) in [4.78, 5) is 12.3. The summed E-state index contributed by atoms with van der Waals surface area (Å²) in [6, 6.07) is 15.6. The van der Waals surface area contributed by atoms with Gasteiger partial charge in [-0.15, -0.1) is 0 Å². The summed E-state index contributed by atoms with van der Waals surface area (Å²) in [5.41, 5.74) is 2.91. The molecule has 1 aliphatic heterocycles. The van der Waals surface area contributed by atoms with Crippen LogP contribution in [-0.2, 0) is 11.2 Å². The van der Waals surface area contributed by atoms with Crippen LogP contribution in [0.15, 0.2) is 54.6 Å². The lowest BCUT2D eigenvalue weighted by Gasteiger charge is -2.26. The smallest absolute Gasteiger partial charge is 0.182 e. The fraction of sp³-hybridized carbons (Fsp3) is 0.167. The van der Waals surface area contributed by atoms with Crippen molar-refractivity contribution in [2.24, 2.45) is 0 Å². The van der Waals surface area contributed by atoms with E-state index < -0.39 is 6.10 Å². The normalized spacial score (nSPS) is 17.9. The first-order chi connectivity index (χ1) is 9.79. The second-order valence-corrected chi connectivity index (χ2v) is 4.89. The summed E-state index contributed by atoms with van der Waals surface area (Å²) in [5.74, 6) is 0.945. The quantitative estimate of drug-likeness (QED) is 0.820. The van der Waals surface area contributed by atoms with Crippen LogP contribution in [0.2, 0.25) is 0 Å². The van der Waals surface area contributed by atoms with Gasteiger partial charge in [-0.05, 0) is 12.5 Å². The van der Waals surface area contributed by atoms with E-state index in [1.54, 1.807) is 0 Å². The highest BCUT2D eigenvalue weighted by atomic mass is 16.5. The summed E-state index contributed by atoms with van der Waals surface area (Å²) < 4.78 is 6.01. The molecule has 2 aromatic carbocycles. The van der Waals surface area contributed by atoms with Crippen molar-refractivity contribution in [3.05, 3.63) is 71.3 Å². The maximum Gasteiger partial charge on any atom is 0.182 e. The van der Waals surface area contributed by atoms with Gasteiger partial charge in [0.2, 0.25) is 0 Å². The molecule has 0 saturated heterocycles. The third kappa shape index (κ3) is 2.25. The molecule has 0 radical (unpaired) electrons. The van der Waals surface area contributed by atoms with E-state index >= 15 is 0 Å². The fourth-order valence-corrected chi connectivity index (χ4v) is 2.54. The Balaban J connectivity index is 2.03. The molecule has 0 saturated carbocycles. The molecule has 0 amide bonds. The first kappa shape index (κ1) is 12.7. The van der Waals surface area contributed by atoms with E-state index in [0.717, 1.165) is 22.4 Å². The number of ketones is 1. The van der Waals surface area contributed by atoms with Gasteiger partial charge in [-0.3, -0.25) is 4.79 Å². The Morgan fingerprint density at radius 2 is 1.90 bits per heavy atom. The SMILES string of the molecule is CC=Cc1cccc2c1OC(c1ccccc1)C(=O)C2. The summed E-state index contributed by atoms with van der Waals surface area (Å²) in [6.45, 7) is 1.97. The number of rotatable bonds is 2. The molecule has 3 rings (SSSR count). The molecule has 0 N–H and O–H groups in total. The number of para-hydroxylation sites is 1. The number of allylic oxidation sites excluding steroid dienone is 1. The average molecular weight is 264 g/mol. The number of Topliss-reactive ketones (excluding diaryl/α,β-unsaturated/α-hetero) is 1. The lowest BCUT2D eigenvalue weighted by molar-refractivity contribution is -0.126. The maximum absolute atomic E-state index is 12.3. The topological polar surface area (TPSA) is 26.3 Å². The van der Waals surface area contributed by atoms with Crippen LogP contribution in [0, 0.1) is 0 Å². The molecule has 0 spiro atoms. The Bertz CT molecular complexity index is 656. The van der Waals surface area contributed by atoms with Gasteiger partial charge in [0, 0.05) is 17.5 Å². The molecular formula is C18H16O2. The molecule has 1 heterocycles. The fourth-order valence-electron chi connectivity index (χ4n) is 2.54. The number of fused-ring (bicyclic) bond motifs is 1. The molecular weight excluding hydrogens is 248 g/mol. The molecule has 20 heavy (non-hydrogen) atoms. The Kier molecular flexibility index (Phi) is 3.38. The van der Waals surface area contributed by atoms with Gasteiger partial charge in [-0.2, -0.15) is 0 Å². The molecule has 0 aliphatic carbocycles. The van der Waals surface area contributed by atoms with Crippen molar-refractivity contribution >= 4 is 11.9 Å². The number of hydrogen-bond donors (Lipinski definition) is 0. The van der Waals surface area contributed by atoms with Gasteiger partial charge in [0.05, 0.1) is 0 Å². The zero-order valence-electron chi connectivity index (χ0n) is 11.4. The minimum Gasteiger partial charge on any atom is -0.477 e. The third-order valence-electron chi connectivity index (χ3n) is 3.47. The van der Waals surface area contributed by atoms with Gasteiger partial charge in [0.1, 0.15) is 5.75 Å². The van der Waals surface area contributed by atoms with Gasteiger partial charge < -0.3 is 4.74 Å². The van der Waals surface area contributed by atoms with Crippen LogP contribution in [0.1, 0.15) is 29.7 Å². The minimum absolute atomic E-state index is 0.112. The van der Waals surface area contributed by atoms with Crippen molar-refractivity contribution < 1.29 is 9.53 Å². The first-order valence-electron chi connectivity index (χ1n) is 6.78. The van der Waals surface area contributed by atoms with E-state index in [1.165, 1.54) is 0 Å². The van der Waals surface area contributed by atoms with Crippen molar-refractivity contribution in [1.82, 2.24) is 0 Å². The highest BCUT2D eigenvalue weighted by Gasteiger charge is 2.29. The van der Waals surface area contributed by atoms with E-state index in [0.29, 0.717) is 6.42 Å². The molecule has 2 aromatic rings. The van der Waals surface area contributed by atoms with Crippen LogP contribution in [-0.4, -0.2) is 5.78 Å². The second-order valence-electron chi connectivity index (χ2n) is 4.89. The van der Waals surface area contributed by atoms with Crippen LogP contribution < -0.4 is 4.74 Å². The molecule has 2 nitrogen and oxygen atoms in total. The van der Waals surface area contributed by atoms with Crippen LogP contribution >= 0.6 is 0 Å². The molecule has 0 fully saturated rings. The average Bonchev–Trinajstić information content (AvgIpc) is 2.48. The highest BCUT2D eigenvalue weighted by Crippen LogP contribution is 2.36. The lowest BCUT2D eigenvalue weighted by Crippen LogP contribution is -2.26. The van der Waals surface area contributed by atoms with Crippen LogP contribution in [0.5, 0.6) is 5.75 Å². The molecule has 100 valence electrons. The van der Waals surface area contributed by atoms with Crippen molar-refractivity contribution in [3.63, 3.8) is 0 Å². The van der Waals surface area contributed by atoms with E-state index in [2.05, 4.69) is 0 Å². The van der Waals surface area contributed by atoms with E-state index in [-0.39, 0.29) is 5.78 Å². The zero-order valence-corrected chi connectivity index (χ0v) is 11.4. The Morgan fingerprint density at radius 3 is 2.65 bits per heavy atom. The van der Waals surface area contributed by atoms with E-state index in [9.17, 15) is 4.79 Å². The molecule has 2 heteroatoms. The number of benzene rings is 2. The third-order valence-corrected chi connectivity index (χ3v) is 3.47. The Morgan fingerprint density at radius 1 is 1.10 bits per heavy atom. The molecule has 0 aromatic heterocycles. The molecule has 0 bridgehead atoms. The van der Waals surface area contributed by atoms with Gasteiger partial charge in [-0.1, -0.05) is 60.7 Å². The summed E-state index contributed by atoms with van der Waals surface area (Å²) >= 11 is 0. The second kappa shape index (κ2) is 5.33. The largest absolute Gasteiger partial charge is 0.477 e. The van der Waals surface area contributed by atoms with E-state index in [1.807, 2.05) is 67.6 Å². The van der Waals surface area contributed by atoms with Crippen molar-refractivity contribution in [2.75, 3.05) is 0 Å². The minimum atomic E-state index is -0.491. The lowest BCUT2D eigenvalue weighted by atomic mass is 9.94. The monoisotopic (exact) mass is 264 g/mol. The predicted molar refractivity (Wildman–Crippen MR) is 79.7 cm³/mol. The summed E-state index contributed by atoms with van der Waals surface area (Å²) in [6.07, 6.45) is 3.93. The highest BCUT2D eigenvalue weighted by molar-refractivity contribution is 5.89. The van der Waals surface area contributed by atoms with Crippen molar-refractivity contribution in [2.45, 2.75) is 19.4 Å². The van der Waals surface area contributed by atoms with Crippen LogP contribution in [0.4, 0.5) is 0 Å². The molecule has 1 unspecified atom stereocenters. The van der Waals surface area contributed by atoms with Crippen LogP contribution in [0.3, 0.4) is 0 Å². The molecule has 1 aliphatic rings. The van der Waals surface area contributed by atoms with Gasteiger partial charge >= 0.3 is 0 Å².